The number of fused-ring (bicyclic) bond motifs is 1. The monoisotopic (exact) mass is 252 g/mol. The Morgan fingerprint density at radius 1 is 1.21 bits per heavy atom. The Hall–Kier alpha value is -2.16. The lowest BCUT2D eigenvalue weighted by Crippen LogP contribution is -2.03. The molecule has 2 aromatic rings. The molecule has 1 amide bonds. The second-order valence-corrected chi connectivity index (χ2v) is 5.19. The molecule has 0 fully saturated rings. The second kappa shape index (κ2) is 4.50. The minimum absolute atomic E-state index is 0.0567. The molecule has 3 nitrogen and oxygen atoms in total. The average molecular weight is 252 g/mol. The number of nitrogens with zero attached hydrogens (tertiary/aromatic N) is 1. The normalized spacial score (nSPS) is 13.5. The van der Waals surface area contributed by atoms with Gasteiger partial charge in [-0.05, 0) is 29.2 Å². The molecule has 0 saturated heterocycles. The summed E-state index contributed by atoms with van der Waals surface area (Å²) in [4.78, 5) is 16.0. The average Bonchev–Trinajstić information content (AvgIpc) is 2.78. The zero-order valence-corrected chi connectivity index (χ0v) is 11.1. The van der Waals surface area contributed by atoms with Gasteiger partial charge in [0.1, 0.15) is 0 Å². The number of nitrogens with one attached hydrogen (secondary N) is 1. The first kappa shape index (κ1) is 11.9. The fraction of sp³-hybridized carbons (Fsp3) is 0.250. The van der Waals surface area contributed by atoms with E-state index in [2.05, 4.69) is 30.2 Å². The van der Waals surface area contributed by atoms with Crippen LogP contribution in [0, 0.1) is 0 Å². The van der Waals surface area contributed by atoms with E-state index in [0.717, 1.165) is 22.5 Å². The summed E-state index contributed by atoms with van der Waals surface area (Å²) >= 11 is 0. The van der Waals surface area contributed by atoms with E-state index in [1.807, 2.05) is 30.5 Å². The van der Waals surface area contributed by atoms with E-state index in [-0.39, 0.29) is 5.91 Å². The van der Waals surface area contributed by atoms with Crippen molar-refractivity contribution in [2.24, 2.45) is 0 Å². The van der Waals surface area contributed by atoms with Gasteiger partial charge in [0.15, 0.2) is 0 Å². The lowest BCUT2D eigenvalue weighted by molar-refractivity contribution is -0.115. The molecule has 0 aliphatic carbocycles. The molecule has 3 heteroatoms. The van der Waals surface area contributed by atoms with Crippen LogP contribution in [0.1, 0.15) is 30.9 Å². The molecule has 1 aliphatic rings. The largest absolute Gasteiger partial charge is 0.326 e. The maximum Gasteiger partial charge on any atom is 0.228 e. The van der Waals surface area contributed by atoms with Crippen LogP contribution in [0.3, 0.4) is 0 Å². The topological polar surface area (TPSA) is 42.0 Å². The summed E-state index contributed by atoms with van der Waals surface area (Å²) in [7, 11) is 0. The standard InChI is InChI=1S/C16H16N2O/c1-10(2)11-6-7-14(17-9-11)12-4-3-5-15-13(12)8-16(19)18-15/h3-7,9-10H,8H2,1-2H3,(H,18,19). The van der Waals surface area contributed by atoms with Crippen molar-refractivity contribution in [3.05, 3.63) is 47.7 Å². The molecule has 0 saturated carbocycles. The molecule has 0 atom stereocenters. The van der Waals surface area contributed by atoms with Gasteiger partial charge in [-0.1, -0.05) is 32.0 Å². The van der Waals surface area contributed by atoms with Crippen molar-refractivity contribution in [2.45, 2.75) is 26.2 Å². The van der Waals surface area contributed by atoms with Crippen LogP contribution in [-0.4, -0.2) is 10.9 Å². The van der Waals surface area contributed by atoms with Crippen molar-refractivity contribution in [3.63, 3.8) is 0 Å². The summed E-state index contributed by atoms with van der Waals surface area (Å²) in [6.07, 6.45) is 2.36. The Morgan fingerprint density at radius 2 is 2.05 bits per heavy atom. The van der Waals surface area contributed by atoms with Crippen LogP contribution in [0.4, 0.5) is 5.69 Å². The van der Waals surface area contributed by atoms with Crippen LogP contribution < -0.4 is 5.32 Å². The molecule has 0 bridgehead atoms. The van der Waals surface area contributed by atoms with Crippen molar-refractivity contribution in [1.82, 2.24) is 4.98 Å². The predicted molar refractivity (Wildman–Crippen MR) is 76.1 cm³/mol. The molecule has 0 radical (unpaired) electrons. The minimum atomic E-state index is 0.0567. The summed E-state index contributed by atoms with van der Waals surface area (Å²) in [5.74, 6) is 0.535. The highest BCUT2D eigenvalue weighted by atomic mass is 16.1. The highest BCUT2D eigenvalue weighted by Crippen LogP contribution is 2.32. The molecule has 1 aromatic carbocycles. The molecular formula is C16H16N2O. The second-order valence-electron chi connectivity index (χ2n) is 5.19. The first-order chi connectivity index (χ1) is 9.15. The van der Waals surface area contributed by atoms with E-state index in [1.54, 1.807) is 0 Å². The van der Waals surface area contributed by atoms with Gasteiger partial charge >= 0.3 is 0 Å². The summed E-state index contributed by atoms with van der Waals surface area (Å²) < 4.78 is 0. The van der Waals surface area contributed by atoms with Crippen LogP contribution in [0.25, 0.3) is 11.3 Å². The van der Waals surface area contributed by atoms with Crippen LogP contribution in [0.15, 0.2) is 36.5 Å². The maximum atomic E-state index is 11.5. The fourth-order valence-corrected chi connectivity index (χ4v) is 2.40. The van der Waals surface area contributed by atoms with Crippen LogP contribution in [0.5, 0.6) is 0 Å². The van der Waals surface area contributed by atoms with E-state index in [4.69, 9.17) is 0 Å². The Labute approximate surface area is 112 Å². The maximum absolute atomic E-state index is 11.5. The van der Waals surface area contributed by atoms with Crippen LogP contribution >= 0.6 is 0 Å². The lowest BCUT2D eigenvalue weighted by atomic mass is 10.00. The summed E-state index contributed by atoms with van der Waals surface area (Å²) in [5.41, 5.74) is 5.17. The van der Waals surface area contributed by atoms with Gasteiger partial charge in [0.2, 0.25) is 5.91 Å². The Kier molecular flexibility index (Phi) is 2.82. The van der Waals surface area contributed by atoms with E-state index in [0.29, 0.717) is 12.3 Å². The SMILES string of the molecule is CC(C)c1ccc(-c2cccc3c2CC(=O)N3)nc1. The van der Waals surface area contributed by atoms with E-state index in [9.17, 15) is 4.79 Å². The smallest absolute Gasteiger partial charge is 0.228 e. The molecule has 1 N–H and O–H groups in total. The van der Waals surface area contributed by atoms with Gasteiger partial charge in [-0.3, -0.25) is 9.78 Å². The third-order valence-corrected chi connectivity index (χ3v) is 3.52. The van der Waals surface area contributed by atoms with Gasteiger partial charge in [-0.2, -0.15) is 0 Å². The van der Waals surface area contributed by atoms with Crippen molar-refractivity contribution >= 4 is 11.6 Å². The quantitative estimate of drug-likeness (QED) is 0.890. The number of carbonyl (C=O) groups excluding carboxylic acids is 1. The van der Waals surface area contributed by atoms with Crippen molar-refractivity contribution in [3.8, 4) is 11.3 Å². The number of aromatic nitrogens is 1. The molecule has 1 aromatic heterocycles. The number of rotatable bonds is 2. The minimum Gasteiger partial charge on any atom is -0.326 e. The van der Waals surface area contributed by atoms with E-state index in [1.165, 1.54) is 5.56 Å². The zero-order valence-electron chi connectivity index (χ0n) is 11.1. The van der Waals surface area contributed by atoms with Gasteiger partial charge in [-0.25, -0.2) is 0 Å². The summed E-state index contributed by atoms with van der Waals surface area (Å²) in [6, 6.07) is 10.1. The van der Waals surface area contributed by atoms with Gasteiger partial charge in [0, 0.05) is 17.4 Å². The van der Waals surface area contributed by atoms with Gasteiger partial charge in [0.05, 0.1) is 12.1 Å². The Bertz CT molecular complexity index is 630. The molecule has 3 rings (SSSR count). The van der Waals surface area contributed by atoms with Crippen molar-refractivity contribution < 1.29 is 4.79 Å². The third kappa shape index (κ3) is 2.12. The molecule has 96 valence electrons. The highest BCUT2D eigenvalue weighted by Gasteiger charge is 2.21. The number of pyridine rings is 1. The first-order valence-corrected chi connectivity index (χ1v) is 6.53. The third-order valence-electron chi connectivity index (χ3n) is 3.52. The number of hydrogen-bond acceptors (Lipinski definition) is 2. The number of carbonyl (C=O) groups is 1. The molecule has 0 unspecified atom stereocenters. The van der Waals surface area contributed by atoms with Gasteiger partial charge < -0.3 is 5.32 Å². The van der Waals surface area contributed by atoms with Gasteiger partial charge in [0.25, 0.3) is 0 Å². The van der Waals surface area contributed by atoms with Crippen LogP contribution in [-0.2, 0) is 11.2 Å². The lowest BCUT2D eigenvalue weighted by Gasteiger charge is -2.09. The molecule has 2 heterocycles. The molecular weight excluding hydrogens is 236 g/mol. The summed E-state index contributed by atoms with van der Waals surface area (Å²) in [6.45, 7) is 4.30. The number of anilines is 1. The predicted octanol–water partition coefficient (Wildman–Crippen LogP) is 3.37. The Balaban J connectivity index is 2.04. The molecule has 19 heavy (non-hydrogen) atoms. The molecule has 1 aliphatic heterocycles. The fourth-order valence-electron chi connectivity index (χ4n) is 2.40. The Morgan fingerprint density at radius 3 is 2.74 bits per heavy atom. The first-order valence-electron chi connectivity index (χ1n) is 6.53. The van der Waals surface area contributed by atoms with E-state index < -0.39 is 0 Å². The number of benzene rings is 1. The summed E-state index contributed by atoms with van der Waals surface area (Å²) in [5, 5.41) is 2.87. The molecule has 0 spiro atoms. The highest BCUT2D eigenvalue weighted by molar-refractivity contribution is 6.01. The van der Waals surface area contributed by atoms with Crippen molar-refractivity contribution in [1.29, 1.82) is 0 Å². The zero-order chi connectivity index (χ0) is 13.4. The van der Waals surface area contributed by atoms with Gasteiger partial charge in [-0.15, -0.1) is 0 Å². The van der Waals surface area contributed by atoms with Crippen molar-refractivity contribution in [2.75, 3.05) is 5.32 Å². The number of amides is 1. The van der Waals surface area contributed by atoms with E-state index >= 15 is 0 Å². The van der Waals surface area contributed by atoms with Crippen LogP contribution in [0.2, 0.25) is 0 Å². The number of hydrogen-bond donors (Lipinski definition) is 1.